The molecule has 2 fully saturated rings. The summed E-state index contributed by atoms with van der Waals surface area (Å²) in [5.41, 5.74) is 1.88. The van der Waals surface area contributed by atoms with Gasteiger partial charge in [0.1, 0.15) is 0 Å². The van der Waals surface area contributed by atoms with Gasteiger partial charge in [0, 0.05) is 19.3 Å². The van der Waals surface area contributed by atoms with Crippen molar-refractivity contribution in [1.82, 2.24) is 0 Å². The molecule has 4 rings (SSSR count). The van der Waals surface area contributed by atoms with Crippen LogP contribution in [0.4, 0.5) is 0 Å². The Balaban J connectivity index is 1.78. The van der Waals surface area contributed by atoms with Crippen molar-refractivity contribution in [3.8, 4) is 0 Å². The minimum Gasteiger partial charge on any atom is -0.481 e. The highest BCUT2D eigenvalue weighted by Crippen LogP contribution is 2.68. The lowest BCUT2D eigenvalue weighted by molar-refractivity contribution is -0.156. The molecule has 0 radical (unpaired) electrons. The first-order valence-electron chi connectivity index (χ1n) is 14.0. The van der Waals surface area contributed by atoms with Crippen LogP contribution >= 0.6 is 0 Å². The minimum absolute atomic E-state index is 0.0275. The monoisotopic (exact) mass is 496 g/mol. The van der Waals surface area contributed by atoms with Gasteiger partial charge in [-0.2, -0.15) is 0 Å². The van der Waals surface area contributed by atoms with E-state index in [9.17, 15) is 9.90 Å². The van der Waals surface area contributed by atoms with E-state index in [4.69, 9.17) is 9.47 Å². The Hall–Kier alpha value is -1.97. The smallest absolute Gasteiger partial charge is 0.309 e. The molecule has 4 nitrogen and oxygen atoms in total. The van der Waals surface area contributed by atoms with Gasteiger partial charge in [-0.05, 0) is 93.1 Å². The summed E-state index contributed by atoms with van der Waals surface area (Å²) in [6.07, 6.45) is 15.8. The average Bonchev–Trinajstić information content (AvgIpc) is 3.13. The van der Waals surface area contributed by atoms with Crippen LogP contribution in [0.1, 0.15) is 107 Å². The largest absolute Gasteiger partial charge is 0.481 e. The highest BCUT2D eigenvalue weighted by molar-refractivity contribution is 5.74. The first-order chi connectivity index (χ1) is 16.6. The van der Waals surface area contributed by atoms with Crippen molar-refractivity contribution in [2.24, 2.45) is 33.5 Å². The lowest BCUT2D eigenvalue weighted by Gasteiger charge is -2.63. The van der Waals surface area contributed by atoms with Gasteiger partial charge in [0.05, 0.1) is 5.41 Å². The van der Waals surface area contributed by atoms with Crippen LogP contribution in [-0.2, 0) is 14.3 Å². The van der Waals surface area contributed by atoms with Gasteiger partial charge in [-0.3, -0.25) is 4.79 Å². The molecule has 36 heavy (non-hydrogen) atoms. The van der Waals surface area contributed by atoms with Crippen LogP contribution in [0.25, 0.3) is 0 Å². The molecule has 1 aliphatic heterocycles. The molecule has 1 heterocycles. The molecule has 0 aromatic heterocycles. The van der Waals surface area contributed by atoms with Crippen molar-refractivity contribution in [1.29, 1.82) is 0 Å². The van der Waals surface area contributed by atoms with E-state index in [2.05, 4.69) is 65.8 Å². The van der Waals surface area contributed by atoms with E-state index in [-0.39, 0.29) is 16.2 Å². The maximum Gasteiger partial charge on any atom is 0.309 e. The molecule has 0 aromatic rings. The standard InChI is InChI=1S/C32H48O4/c1-10-31(8)25-13-11-12-22(3)26-24(35-28(4,5)36-26)15-17-29(25,6)18-19-32(31,9)23-20-30(7,27(33)34)16-14-21(23)2/h12-13,15,17,21,23H,10-11,14,16,18-20H2,1-9H3,(H,33,34)/b17-15+,22-12+,25-13+/t21-,23-,29-,30-,31-,32+/m1/s1. The Bertz CT molecular complexity index is 1040. The van der Waals surface area contributed by atoms with Crippen molar-refractivity contribution >= 4 is 5.97 Å². The fraction of sp³-hybridized carbons (Fsp3) is 0.719. The number of ether oxygens (including phenoxy) is 2. The predicted octanol–water partition coefficient (Wildman–Crippen LogP) is 8.56. The summed E-state index contributed by atoms with van der Waals surface area (Å²) < 4.78 is 12.4. The van der Waals surface area contributed by atoms with E-state index in [1.165, 1.54) is 5.57 Å². The summed E-state index contributed by atoms with van der Waals surface area (Å²) >= 11 is 0. The maximum atomic E-state index is 12.3. The zero-order valence-electron chi connectivity index (χ0n) is 24.1. The van der Waals surface area contributed by atoms with Gasteiger partial charge in [-0.15, -0.1) is 0 Å². The molecule has 3 aliphatic carbocycles. The van der Waals surface area contributed by atoms with Gasteiger partial charge >= 0.3 is 5.97 Å². The molecule has 0 unspecified atom stereocenters. The van der Waals surface area contributed by atoms with Crippen LogP contribution in [0.3, 0.4) is 0 Å². The Morgan fingerprint density at radius 2 is 1.75 bits per heavy atom. The third-order valence-electron chi connectivity index (χ3n) is 10.8. The van der Waals surface area contributed by atoms with Crippen molar-refractivity contribution in [2.75, 3.05) is 0 Å². The molecule has 4 heteroatoms. The van der Waals surface area contributed by atoms with Crippen molar-refractivity contribution in [3.05, 3.63) is 47.0 Å². The topological polar surface area (TPSA) is 55.8 Å². The summed E-state index contributed by atoms with van der Waals surface area (Å²) in [6.45, 7) is 20.0. The summed E-state index contributed by atoms with van der Waals surface area (Å²) in [5.74, 6) is 1.27. The number of allylic oxidation sites excluding steroid dienone is 6. The van der Waals surface area contributed by atoms with Gasteiger partial charge in [0.25, 0.3) is 0 Å². The Morgan fingerprint density at radius 3 is 2.39 bits per heavy atom. The van der Waals surface area contributed by atoms with Gasteiger partial charge < -0.3 is 14.6 Å². The van der Waals surface area contributed by atoms with Crippen LogP contribution in [0.15, 0.2) is 47.0 Å². The van der Waals surface area contributed by atoms with Crippen LogP contribution in [0, 0.1) is 33.5 Å². The zero-order valence-corrected chi connectivity index (χ0v) is 24.1. The first-order valence-corrected chi connectivity index (χ1v) is 14.0. The minimum atomic E-state index is -0.660. The third kappa shape index (κ3) is 4.17. The van der Waals surface area contributed by atoms with Gasteiger partial charge in [-0.25, -0.2) is 0 Å². The Morgan fingerprint density at radius 1 is 1.06 bits per heavy atom. The van der Waals surface area contributed by atoms with Crippen LogP contribution < -0.4 is 0 Å². The molecule has 4 aliphatic rings. The van der Waals surface area contributed by atoms with Crippen LogP contribution in [0.5, 0.6) is 0 Å². The molecule has 0 bridgehead atoms. The quantitative estimate of drug-likeness (QED) is 0.398. The van der Waals surface area contributed by atoms with Gasteiger partial charge in [0.2, 0.25) is 5.79 Å². The molecule has 0 aromatic carbocycles. The highest BCUT2D eigenvalue weighted by atomic mass is 16.7. The molecule has 0 saturated heterocycles. The number of carboxylic acids is 1. The summed E-state index contributed by atoms with van der Waals surface area (Å²) in [7, 11) is 0. The van der Waals surface area contributed by atoms with E-state index in [0.29, 0.717) is 11.8 Å². The average molecular weight is 497 g/mol. The van der Waals surface area contributed by atoms with Crippen LogP contribution in [-0.4, -0.2) is 16.9 Å². The Labute approximate surface area is 218 Å². The third-order valence-corrected chi connectivity index (χ3v) is 10.8. The summed E-state index contributed by atoms with van der Waals surface area (Å²) in [6, 6.07) is 0. The summed E-state index contributed by atoms with van der Waals surface area (Å²) in [5, 5.41) is 10.1. The molecule has 6 atom stereocenters. The second kappa shape index (κ2) is 8.81. The molecule has 0 amide bonds. The molecular weight excluding hydrogens is 448 g/mol. The van der Waals surface area contributed by atoms with Crippen LogP contribution in [0.2, 0.25) is 0 Å². The van der Waals surface area contributed by atoms with E-state index in [1.54, 1.807) is 0 Å². The maximum absolute atomic E-state index is 12.3. The number of rotatable bonds is 3. The number of hydrogen-bond acceptors (Lipinski definition) is 3. The highest BCUT2D eigenvalue weighted by Gasteiger charge is 2.60. The van der Waals surface area contributed by atoms with E-state index in [1.807, 2.05) is 20.8 Å². The molecular formula is C32H48O4. The Kier molecular flexibility index (Phi) is 6.62. The van der Waals surface area contributed by atoms with E-state index >= 15 is 0 Å². The second-order valence-corrected chi connectivity index (χ2v) is 13.6. The predicted molar refractivity (Wildman–Crippen MR) is 145 cm³/mol. The number of fused-ring (bicyclic) bond motifs is 1. The fourth-order valence-corrected chi connectivity index (χ4v) is 7.99. The molecule has 1 N–H and O–H groups in total. The van der Waals surface area contributed by atoms with E-state index < -0.39 is 17.2 Å². The zero-order chi connectivity index (χ0) is 26.7. The van der Waals surface area contributed by atoms with Crippen molar-refractivity contribution < 1.29 is 19.4 Å². The lowest BCUT2D eigenvalue weighted by Crippen LogP contribution is -2.55. The SMILES string of the molecule is CC[C@]1(C)/C2=C/C/C=C(\C)C3=C(/C=C/[C@]2(C)CC[C@@]1(C)[C@@H]1C[C@](C)(C(=O)O)CC[C@H]1C)OC(C)(C)O3. The second-order valence-electron chi connectivity index (χ2n) is 13.6. The molecule has 0 spiro atoms. The first kappa shape index (κ1) is 27.1. The fourth-order valence-electron chi connectivity index (χ4n) is 7.99. The normalized spacial score (nSPS) is 46.1. The number of carboxylic acid groups (broad SMARTS) is 1. The molecule has 2 saturated carbocycles. The number of carbonyl (C=O) groups is 1. The van der Waals surface area contributed by atoms with Gasteiger partial charge in [-0.1, -0.05) is 58.4 Å². The number of hydrogen-bond donors (Lipinski definition) is 1. The van der Waals surface area contributed by atoms with Gasteiger partial charge in [0.15, 0.2) is 11.5 Å². The van der Waals surface area contributed by atoms with Crippen molar-refractivity contribution in [2.45, 2.75) is 113 Å². The lowest BCUT2D eigenvalue weighted by atomic mass is 9.41. The van der Waals surface area contributed by atoms with E-state index in [0.717, 1.165) is 62.0 Å². The number of aliphatic carboxylic acids is 1. The van der Waals surface area contributed by atoms with Crippen molar-refractivity contribution in [3.63, 3.8) is 0 Å². The summed E-state index contributed by atoms with van der Waals surface area (Å²) in [4.78, 5) is 12.3. The molecule has 200 valence electrons.